The van der Waals surface area contributed by atoms with E-state index in [1.807, 2.05) is 0 Å². The number of nitrogen functional groups attached to an aromatic ring is 1. The molecule has 2 aromatic carbocycles. The van der Waals surface area contributed by atoms with Gasteiger partial charge in [-0.3, -0.25) is 10.1 Å². The van der Waals surface area contributed by atoms with Gasteiger partial charge in [-0.15, -0.1) is 0 Å². The summed E-state index contributed by atoms with van der Waals surface area (Å²) in [4.78, 5) is 10.5. The fourth-order valence-corrected chi connectivity index (χ4v) is 1.83. The largest absolute Gasteiger partial charge is 0.508 e. The van der Waals surface area contributed by atoms with Crippen molar-refractivity contribution in [2.75, 3.05) is 29.5 Å². The molecule has 5 N–H and O–H groups in total. The molecule has 7 nitrogen and oxygen atoms in total. The minimum absolute atomic E-state index is 0.0420. The van der Waals surface area contributed by atoms with Crippen LogP contribution in [0.25, 0.3) is 0 Å². The van der Waals surface area contributed by atoms with Gasteiger partial charge in [-0.25, -0.2) is 0 Å². The van der Waals surface area contributed by atoms with Crippen LogP contribution < -0.4 is 16.4 Å². The zero-order valence-corrected chi connectivity index (χ0v) is 11.2. The molecule has 21 heavy (non-hydrogen) atoms. The summed E-state index contributed by atoms with van der Waals surface area (Å²) in [7, 11) is 0. The first-order chi connectivity index (χ1) is 10.1. The van der Waals surface area contributed by atoms with E-state index in [0.29, 0.717) is 24.5 Å². The summed E-state index contributed by atoms with van der Waals surface area (Å²) >= 11 is 0. The predicted octanol–water partition coefficient (Wildman–Crippen LogP) is 2.41. The quantitative estimate of drug-likeness (QED) is 0.213. The topological polar surface area (TPSA) is 113 Å². The van der Waals surface area contributed by atoms with Gasteiger partial charge in [0.2, 0.25) is 0 Å². The molecule has 0 aliphatic heterocycles. The van der Waals surface area contributed by atoms with Gasteiger partial charge < -0.3 is 21.5 Å². The highest BCUT2D eigenvalue weighted by Gasteiger charge is 2.13. The Balaban J connectivity index is 1.89. The summed E-state index contributed by atoms with van der Waals surface area (Å²) in [5, 5.41) is 26.2. The normalized spacial score (nSPS) is 10.1. The first-order valence-corrected chi connectivity index (χ1v) is 6.37. The molecule has 2 rings (SSSR count). The van der Waals surface area contributed by atoms with Crippen molar-refractivity contribution in [2.24, 2.45) is 0 Å². The zero-order valence-electron chi connectivity index (χ0n) is 11.2. The maximum atomic E-state index is 10.9. The van der Waals surface area contributed by atoms with Gasteiger partial charge in [0, 0.05) is 30.5 Å². The lowest BCUT2D eigenvalue weighted by atomic mass is 10.2. The summed E-state index contributed by atoms with van der Waals surface area (Å²) in [5.74, 6) is 0.205. The highest BCUT2D eigenvalue weighted by molar-refractivity contribution is 5.66. The number of nitrogens with one attached hydrogen (secondary N) is 2. The number of nitrogens with two attached hydrogens (primary N) is 1. The molecule has 2 aromatic rings. The van der Waals surface area contributed by atoms with Gasteiger partial charge in [0.05, 0.1) is 4.92 Å². The van der Waals surface area contributed by atoms with Crippen molar-refractivity contribution < 1.29 is 10.0 Å². The lowest BCUT2D eigenvalue weighted by Crippen LogP contribution is -2.14. The smallest absolute Gasteiger partial charge is 0.294 e. The summed E-state index contributed by atoms with van der Waals surface area (Å²) < 4.78 is 0. The van der Waals surface area contributed by atoms with Crippen molar-refractivity contribution in [1.29, 1.82) is 0 Å². The van der Waals surface area contributed by atoms with Gasteiger partial charge in [-0.05, 0) is 36.4 Å². The van der Waals surface area contributed by atoms with Gasteiger partial charge in [0.15, 0.2) is 0 Å². The van der Waals surface area contributed by atoms with E-state index in [1.54, 1.807) is 36.4 Å². The number of aromatic hydroxyl groups is 1. The second-order valence-electron chi connectivity index (χ2n) is 4.43. The van der Waals surface area contributed by atoms with Crippen LogP contribution in [0.1, 0.15) is 0 Å². The molecule has 0 aliphatic rings. The fourth-order valence-electron chi connectivity index (χ4n) is 1.83. The number of rotatable bonds is 6. The van der Waals surface area contributed by atoms with Crippen molar-refractivity contribution in [3.63, 3.8) is 0 Å². The maximum Gasteiger partial charge on any atom is 0.294 e. The van der Waals surface area contributed by atoms with E-state index < -0.39 is 4.92 Å². The number of hydrogen-bond donors (Lipinski definition) is 4. The van der Waals surface area contributed by atoms with Crippen molar-refractivity contribution in [3.8, 4) is 5.75 Å². The maximum absolute atomic E-state index is 10.9. The summed E-state index contributed by atoms with van der Waals surface area (Å²) in [6.45, 7) is 1.08. The highest BCUT2D eigenvalue weighted by atomic mass is 16.6. The Morgan fingerprint density at radius 2 is 1.76 bits per heavy atom. The second kappa shape index (κ2) is 6.47. The number of benzene rings is 2. The summed E-state index contributed by atoms with van der Waals surface area (Å²) in [5.41, 5.74) is 7.15. The van der Waals surface area contributed by atoms with Gasteiger partial charge >= 0.3 is 0 Å². The van der Waals surface area contributed by atoms with Crippen molar-refractivity contribution in [3.05, 3.63) is 52.6 Å². The lowest BCUT2D eigenvalue weighted by molar-refractivity contribution is -0.383. The second-order valence-corrected chi connectivity index (χ2v) is 4.43. The Bertz CT molecular complexity index is 629. The Morgan fingerprint density at radius 1 is 1.10 bits per heavy atom. The summed E-state index contributed by atoms with van der Waals surface area (Å²) in [6, 6.07) is 11.2. The average Bonchev–Trinajstić information content (AvgIpc) is 2.46. The van der Waals surface area contributed by atoms with E-state index in [0.717, 1.165) is 5.69 Å². The Hall–Kier alpha value is -2.96. The van der Waals surface area contributed by atoms with Crippen LogP contribution in [0.5, 0.6) is 5.75 Å². The predicted molar refractivity (Wildman–Crippen MR) is 82.6 cm³/mol. The molecule has 0 amide bonds. The van der Waals surface area contributed by atoms with Crippen LogP contribution in [0, 0.1) is 10.1 Å². The van der Waals surface area contributed by atoms with Crippen LogP contribution in [0.15, 0.2) is 42.5 Å². The molecule has 0 fully saturated rings. The number of phenolic OH excluding ortho intramolecular Hbond substituents is 1. The number of nitro benzene ring substituents is 1. The Labute approximate surface area is 121 Å². The van der Waals surface area contributed by atoms with E-state index in [2.05, 4.69) is 10.6 Å². The minimum atomic E-state index is -0.466. The van der Waals surface area contributed by atoms with Crippen molar-refractivity contribution >= 4 is 22.7 Å². The Morgan fingerprint density at radius 3 is 2.43 bits per heavy atom. The molecular weight excluding hydrogens is 272 g/mol. The molecule has 0 heterocycles. The SMILES string of the molecule is Nc1ccc(NCCNc2ccc(O)cc2)c([N+](=O)[O-])c1. The minimum Gasteiger partial charge on any atom is -0.508 e. The zero-order chi connectivity index (χ0) is 15.2. The molecule has 0 saturated carbocycles. The van der Waals surface area contributed by atoms with Crippen LogP contribution in [0.2, 0.25) is 0 Å². The number of nitro groups is 1. The molecule has 0 saturated heterocycles. The Kier molecular flexibility index (Phi) is 4.45. The average molecular weight is 288 g/mol. The van der Waals surface area contributed by atoms with Crippen LogP contribution in [0.3, 0.4) is 0 Å². The van der Waals surface area contributed by atoms with Crippen molar-refractivity contribution in [1.82, 2.24) is 0 Å². The van der Waals surface area contributed by atoms with Gasteiger partial charge in [-0.1, -0.05) is 0 Å². The van der Waals surface area contributed by atoms with Crippen LogP contribution in [0.4, 0.5) is 22.7 Å². The number of hydrogen-bond acceptors (Lipinski definition) is 6. The summed E-state index contributed by atoms with van der Waals surface area (Å²) in [6.07, 6.45) is 0. The lowest BCUT2D eigenvalue weighted by Gasteiger charge is -2.09. The molecule has 0 bridgehead atoms. The van der Waals surface area contributed by atoms with Crippen LogP contribution in [-0.2, 0) is 0 Å². The third-order valence-electron chi connectivity index (χ3n) is 2.86. The van der Waals surface area contributed by atoms with E-state index in [1.165, 1.54) is 6.07 Å². The van der Waals surface area contributed by atoms with E-state index >= 15 is 0 Å². The molecular formula is C14H16N4O3. The number of anilines is 3. The first kappa shape index (κ1) is 14.4. The van der Waals surface area contributed by atoms with Crippen molar-refractivity contribution in [2.45, 2.75) is 0 Å². The van der Waals surface area contributed by atoms with Gasteiger partial charge in [-0.2, -0.15) is 0 Å². The standard InChI is InChI=1S/C14H16N4O3/c15-10-1-6-13(14(9-10)18(20)21)17-8-7-16-11-2-4-12(19)5-3-11/h1-6,9,16-17,19H,7-8,15H2. The highest BCUT2D eigenvalue weighted by Crippen LogP contribution is 2.26. The third-order valence-corrected chi connectivity index (χ3v) is 2.86. The van der Waals surface area contributed by atoms with E-state index in [4.69, 9.17) is 10.8 Å². The molecule has 0 atom stereocenters. The third kappa shape index (κ3) is 4.00. The monoisotopic (exact) mass is 288 g/mol. The molecule has 0 aliphatic carbocycles. The van der Waals surface area contributed by atoms with E-state index in [-0.39, 0.29) is 11.4 Å². The molecule has 0 spiro atoms. The molecule has 0 unspecified atom stereocenters. The fraction of sp³-hybridized carbons (Fsp3) is 0.143. The molecule has 0 radical (unpaired) electrons. The van der Waals surface area contributed by atoms with Gasteiger partial charge in [0.25, 0.3) is 5.69 Å². The number of phenols is 1. The molecule has 0 aromatic heterocycles. The van der Waals surface area contributed by atoms with E-state index in [9.17, 15) is 10.1 Å². The first-order valence-electron chi connectivity index (χ1n) is 6.37. The molecule has 7 heteroatoms. The van der Waals surface area contributed by atoms with Crippen LogP contribution in [-0.4, -0.2) is 23.1 Å². The van der Waals surface area contributed by atoms with Gasteiger partial charge in [0.1, 0.15) is 11.4 Å². The molecule has 110 valence electrons. The van der Waals surface area contributed by atoms with Crippen LogP contribution >= 0.6 is 0 Å². The number of nitrogens with zero attached hydrogens (tertiary/aromatic N) is 1.